The van der Waals surface area contributed by atoms with Crippen molar-refractivity contribution >= 4 is 18.5 Å². The second-order valence-corrected chi connectivity index (χ2v) is 2.27. The van der Waals surface area contributed by atoms with E-state index in [1.54, 1.807) is 0 Å². The molecule has 1 rings (SSSR count). The van der Waals surface area contributed by atoms with Crippen LogP contribution in [0.1, 0.15) is 0 Å². The van der Waals surface area contributed by atoms with Crippen LogP contribution in [0.5, 0.6) is 0 Å². The monoisotopic (exact) mass is 160 g/mol. The fourth-order valence-corrected chi connectivity index (χ4v) is 0.810. The van der Waals surface area contributed by atoms with Crippen molar-refractivity contribution in [2.75, 3.05) is 0 Å². The normalized spacial score (nSPS) is 25.8. The van der Waals surface area contributed by atoms with Crippen LogP contribution < -0.4 is 11.6 Å². The Morgan fingerprint density at radius 1 is 1.80 bits per heavy atom. The van der Waals surface area contributed by atoms with E-state index in [1.807, 2.05) is 0 Å². The molecule has 0 aliphatic carbocycles. The van der Waals surface area contributed by atoms with Crippen molar-refractivity contribution in [2.24, 2.45) is 16.6 Å². The number of thiol groups is 1. The molecule has 10 heavy (non-hydrogen) atoms. The van der Waals surface area contributed by atoms with Gasteiger partial charge >= 0.3 is 0 Å². The molecule has 1 aliphatic heterocycles. The maximum absolute atomic E-state index is 8.83. The standard InChI is InChI=1S/C4H8N4OS/c5-2-1-3(9)7-4(10)8(2)6/h1,4,10H,5-6H2,(H,7,9). The van der Waals surface area contributed by atoms with Crippen LogP contribution in [-0.4, -0.2) is 21.5 Å². The van der Waals surface area contributed by atoms with Crippen LogP contribution in [0, 0.1) is 0 Å². The first-order chi connectivity index (χ1) is 4.61. The maximum atomic E-state index is 8.83. The summed E-state index contributed by atoms with van der Waals surface area (Å²) < 4.78 is 0. The van der Waals surface area contributed by atoms with E-state index in [2.05, 4.69) is 17.6 Å². The summed E-state index contributed by atoms with van der Waals surface area (Å²) in [6.07, 6.45) is 1.26. The van der Waals surface area contributed by atoms with Gasteiger partial charge in [0.05, 0.1) is 0 Å². The largest absolute Gasteiger partial charge is 0.493 e. The molecule has 1 atom stereocenters. The lowest BCUT2D eigenvalue weighted by Gasteiger charge is -2.24. The predicted molar refractivity (Wildman–Crippen MR) is 41.1 cm³/mol. The van der Waals surface area contributed by atoms with Crippen molar-refractivity contribution in [3.63, 3.8) is 0 Å². The van der Waals surface area contributed by atoms with E-state index in [0.29, 0.717) is 0 Å². The van der Waals surface area contributed by atoms with Gasteiger partial charge in [0.1, 0.15) is 5.82 Å². The van der Waals surface area contributed by atoms with Crippen LogP contribution in [0.15, 0.2) is 16.9 Å². The molecule has 6 heteroatoms. The topological polar surface area (TPSA) is 87.9 Å². The molecule has 1 unspecified atom stereocenters. The Balaban J connectivity index is 2.85. The highest BCUT2D eigenvalue weighted by molar-refractivity contribution is 7.80. The fraction of sp³-hybridized carbons (Fsp3) is 0.250. The number of nitrogens with two attached hydrogens (primary N) is 2. The van der Waals surface area contributed by atoms with Crippen LogP contribution in [0.3, 0.4) is 0 Å². The number of aliphatic imine (C=N–C) groups is 1. The minimum atomic E-state index is -0.593. The molecule has 1 heterocycles. The van der Waals surface area contributed by atoms with Crippen molar-refractivity contribution in [1.82, 2.24) is 5.01 Å². The van der Waals surface area contributed by atoms with Gasteiger partial charge in [0, 0.05) is 6.08 Å². The molecule has 0 amide bonds. The summed E-state index contributed by atoms with van der Waals surface area (Å²) in [7, 11) is 0. The molecule has 0 saturated heterocycles. The number of hydrogen-bond donors (Lipinski definition) is 4. The summed E-state index contributed by atoms with van der Waals surface area (Å²) in [6, 6.07) is 0. The Hall–Kier alpha value is -0.880. The number of nitrogens with zero attached hydrogens (tertiary/aromatic N) is 2. The lowest BCUT2D eigenvalue weighted by molar-refractivity contribution is 0.329. The average molecular weight is 160 g/mol. The third-order valence-electron chi connectivity index (χ3n) is 1.07. The van der Waals surface area contributed by atoms with E-state index in [9.17, 15) is 0 Å². The quantitative estimate of drug-likeness (QED) is 0.274. The first kappa shape index (κ1) is 7.23. The van der Waals surface area contributed by atoms with Gasteiger partial charge in [-0.2, -0.15) is 0 Å². The highest BCUT2D eigenvalue weighted by Gasteiger charge is 2.15. The molecular formula is C4H8N4OS. The van der Waals surface area contributed by atoms with E-state index >= 15 is 0 Å². The molecule has 0 saturated carbocycles. The van der Waals surface area contributed by atoms with E-state index in [-0.39, 0.29) is 11.7 Å². The van der Waals surface area contributed by atoms with Crippen molar-refractivity contribution in [2.45, 2.75) is 5.50 Å². The molecule has 1 aliphatic rings. The van der Waals surface area contributed by atoms with Crippen LogP contribution in [0.2, 0.25) is 0 Å². The van der Waals surface area contributed by atoms with E-state index in [4.69, 9.17) is 16.7 Å². The fourth-order valence-electron chi connectivity index (χ4n) is 0.558. The maximum Gasteiger partial charge on any atom is 0.212 e. The Morgan fingerprint density at radius 2 is 2.40 bits per heavy atom. The van der Waals surface area contributed by atoms with Crippen LogP contribution in [0.25, 0.3) is 0 Å². The zero-order valence-corrected chi connectivity index (χ0v) is 5.99. The molecule has 0 aromatic heterocycles. The molecule has 0 aromatic carbocycles. The molecule has 5 nitrogen and oxygen atoms in total. The number of hydrogen-bond acceptors (Lipinski definition) is 5. The molecule has 0 radical (unpaired) electrons. The zero-order chi connectivity index (χ0) is 7.72. The Bertz CT molecular complexity index is 201. The number of rotatable bonds is 0. The first-order valence-electron chi connectivity index (χ1n) is 2.57. The first-order valence-corrected chi connectivity index (χ1v) is 3.09. The third-order valence-corrected chi connectivity index (χ3v) is 1.44. The van der Waals surface area contributed by atoms with E-state index in [0.717, 1.165) is 5.01 Å². The van der Waals surface area contributed by atoms with E-state index in [1.165, 1.54) is 6.08 Å². The van der Waals surface area contributed by atoms with Crippen LogP contribution in [-0.2, 0) is 0 Å². The van der Waals surface area contributed by atoms with Gasteiger partial charge in [0.2, 0.25) is 5.90 Å². The lowest BCUT2D eigenvalue weighted by atomic mass is 10.5. The minimum absolute atomic E-state index is 0.154. The highest BCUT2D eigenvalue weighted by atomic mass is 32.1. The van der Waals surface area contributed by atoms with Crippen molar-refractivity contribution in [3.8, 4) is 0 Å². The summed E-state index contributed by atoms with van der Waals surface area (Å²) in [5.41, 5.74) is 4.74. The number of aliphatic hydroxyl groups is 1. The molecule has 0 aromatic rings. The van der Waals surface area contributed by atoms with Crippen molar-refractivity contribution in [1.29, 1.82) is 0 Å². The predicted octanol–water partition coefficient (Wildman–Crippen LogP) is -0.854. The summed E-state index contributed by atoms with van der Waals surface area (Å²) in [5.74, 6) is 5.42. The molecule has 0 spiro atoms. The summed E-state index contributed by atoms with van der Waals surface area (Å²) in [4.78, 5) is 3.60. The Labute approximate surface area is 63.4 Å². The van der Waals surface area contributed by atoms with Gasteiger partial charge in [-0.1, -0.05) is 0 Å². The van der Waals surface area contributed by atoms with Gasteiger partial charge in [-0.15, -0.1) is 12.6 Å². The molecule has 5 N–H and O–H groups in total. The van der Waals surface area contributed by atoms with E-state index < -0.39 is 5.50 Å². The lowest BCUT2D eigenvalue weighted by Crippen LogP contribution is -2.42. The van der Waals surface area contributed by atoms with Crippen molar-refractivity contribution in [3.05, 3.63) is 11.9 Å². The second-order valence-electron chi connectivity index (χ2n) is 1.81. The van der Waals surface area contributed by atoms with Gasteiger partial charge in [-0.3, -0.25) is 5.01 Å². The van der Waals surface area contributed by atoms with Gasteiger partial charge in [0.15, 0.2) is 5.50 Å². The van der Waals surface area contributed by atoms with Gasteiger partial charge < -0.3 is 10.8 Å². The average Bonchev–Trinajstić information content (AvgIpc) is 1.82. The highest BCUT2D eigenvalue weighted by Crippen LogP contribution is 2.09. The molecular weight excluding hydrogens is 152 g/mol. The molecule has 56 valence electrons. The summed E-state index contributed by atoms with van der Waals surface area (Å²) in [5, 5.41) is 9.97. The smallest absolute Gasteiger partial charge is 0.212 e. The van der Waals surface area contributed by atoms with Crippen LogP contribution in [0.4, 0.5) is 0 Å². The summed E-state index contributed by atoms with van der Waals surface area (Å²) in [6.45, 7) is 0. The van der Waals surface area contributed by atoms with Gasteiger partial charge in [-0.05, 0) is 0 Å². The SMILES string of the molecule is NC1=CC(O)=NC(S)N1N. The van der Waals surface area contributed by atoms with Crippen molar-refractivity contribution < 1.29 is 5.11 Å². The Kier molecular flexibility index (Phi) is 1.73. The minimum Gasteiger partial charge on any atom is -0.493 e. The molecule has 0 fully saturated rings. The number of aliphatic hydroxyl groups excluding tert-OH is 1. The number of hydrazine groups is 1. The zero-order valence-electron chi connectivity index (χ0n) is 5.10. The molecule has 0 bridgehead atoms. The summed E-state index contributed by atoms with van der Waals surface area (Å²) >= 11 is 3.91. The van der Waals surface area contributed by atoms with Gasteiger partial charge in [-0.25, -0.2) is 10.8 Å². The van der Waals surface area contributed by atoms with Crippen LogP contribution >= 0.6 is 12.6 Å². The Morgan fingerprint density at radius 3 is 2.90 bits per heavy atom. The second kappa shape index (κ2) is 2.39. The van der Waals surface area contributed by atoms with Gasteiger partial charge in [0.25, 0.3) is 0 Å². The third kappa shape index (κ3) is 1.17.